The predicted molar refractivity (Wildman–Crippen MR) is 65.3 cm³/mol. The molecule has 0 aromatic rings. The van der Waals surface area contributed by atoms with Gasteiger partial charge in [0.05, 0.1) is 12.6 Å². The van der Waals surface area contributed by atoms with E-state index >= 15 is 0 Å². The Hall–Kier alpha value is -1.24. The van der Waals surface area contributed by atoms with E-state index in [-0.39, 0.29) is 16.9 Å². The fraction of sp³-hybridized carbons (Fsp3) is 0.846. The zero-order valence-electron chi connectivity index (χ0n) is 10.8. The standard InChI is InChI=1S/C13H20N2O2/c1-12(2)6-11(15-10-17)7-13(3,8-12)4-5-14-9-16/h11H,4-8H2,1-3H3. The molecule has 2 unspecified atom stereocenters. The molecule has 0 radical (unpaired) electrons. The van der Waals surface area contributed by atoms with Crippen LogP contribution in [0.4, 0.5) is 0 Å². The Kier molecular flexibility index (Phi) is 4.39. The molecule has 0 aliphatic heterocycles. The molecule has 94 valence electrons. The third-order valence-electron chi connectivity index (χ3n) is 3.55. The minimum Gasteiger partial charge on any atom is -0.211 e. The van der Waals surface area contributed by atoms with Gasteiger partial charge in [-0.15, -0.1) is 0 Å². The first-order chi connectivity index (χ1) is 7.91. The van der Waals surface area contributed by atoms with E-state index < -0.39 is 0 Å². The van der Waals surface area contributed by atoms with Gasteiger partial charge in [-0.2, -0.15) is 0 Å². The summed E-state index contributed by atoms with van der Waals surface area (Å²) in [7, 11) is 0. The van der Waals surface area contributed by atoms with Crippen LogP contribution in [0, 0.1) is 10.8 Å². The van der Waals surface area contributed by atoms with Crippen molar-refractivity contribution in [2.24, 2.45) is 20.8 Å². The summed E-state index contributed by atoms with van der Waals surface area (Å²) in [6, 6.07) is 0.0569. The van der Waals surface area contributed by atoms with Gasteiger partial charge in [-0.3, -0.25) is 0 Å². The molecular weight excluding hydrogens is 216 g/mol. The van der Waals surface area contributed by atoms with Crippen LogP contribution in [0.15, 0.2) is 9.98 Å². The van der Waals surface area contributed by atoms with Crippen LogP contribution in [0.1, 0.15) is 46.5 Å². The summed E-state index contributed by atoms with van der Waals surface area (Å²) in [5.41, 5.74) is 0.260. The second-order valence-electron chi connectivity index (χ2n) is 6.16. The first-order valence-electron chi connectivity index (χ1n) is 6.01. The Morgan fingerprint density at radius 2 is 1.88 bits per heavy atom. The molecule has 1 saturated carbocycles. The van der Waals surface area contributed by atoms with Gasteiger partial charge in [0.25, 0.3) is 0 Å². The minimum atomic E-state index is 0.0569. The Bertz CT molecular complexity index is 366. The van der Waals surface area contributed by atoms with Gasteiger partial charge in [0, 0.05) is 0 Å². The second kappa shape index (κ2) is 5.39. The smallest absolute Gasteiger partial charge is 0.211 e. The van der Waals surface area contributed by atoms with Crippen molar-refractivity contribution in [3.05, 3.63) is 0 Å². The van der Waals surface area contributed by atoms with Crippen molar-refractivity contribution in [3.8, 4) is 0 Å². The molecule has 1 rings (SSSR count). The van der Waals surface area contributed by atoms with Crippen molar-refractivity contribution < 1.29 is 9.59 Å². The number of rotatable bonds is 4. The van der Waals surface area contributed by atoms with Crippen LogP contribution in [0.25, 0.3) is 0 Å². The molecule has 17 heavy (non-hydrogen) atoms. The Balaban J connectivity index is 2.76. The molecule has 0 spiro atoms. The molecule has 0 aromatic heterocycles. The lowest BCUT2D eigenvalue weighted by Crippen LogP contribution is -2.38. The van der Waals surface area contributed by atoms with Crippen molar-refractivity contribution in [2.75, 3.05) is 6.54 Å². The van der Waals surface area contributed by atoms with Crippen LogP contribution in [0.2, 0.25) is 0 Å². The van der Waals surface area contributed by atoms with E-state index in [4.69, 9.17) is 0 Å². The quantitative estimate of drug-likeness (QED) is 0.556. The first kappa shape index (κ1) is 13.8. The van der Waals surface area contributed by atoms with Gasteiger partial charge < -0.3 is 0 Å². The van der Waals surface area contributed by atoms with Gasteiger partial charge in [0.15, 0.2) is 0 Å². The molecule has 2 atom stereocenters. The summed E-state index contributed by atoms with van der Waals surface area (Å²) < 4.78 is 0. The van der Waals surface area contributed by atoms with E-state index in [1.54, 1.807) is 12.2 Å². The predicted octanol–water partition coefficient (Wildman–Crippen LogP) is 2.63. The Morgan fingerprint density at radius 3 is 2.47 bits per heavy atom. The van der Waals surface area contributed by atoms with Crippen molar-refractivity contribution >= 4 is 12.2 Å². The van der Waals surface area contributed by atoms with Gasteiger partial charge >= 0.3 is 0 Å². The topological polar surface area (TPSA) is 58.9 Å². The molecule has 0 aromatic carbocycles. The average Bonchev–Trinajstić information content (AvgIpc) is 2.15. The highest BCUT2D eigenvalue weighted by Crippen LogP contribution is 2.48. The molecule has 0 saturated heterocycles. The number of carbonyl (C=O) groups excluding carboxylic acids is 2. The van der Waals surface area contributed by atoms with E-state index in [0.717, 1.165) is 25.7 Å². The number of nitrogens with zero attached hydrogens (tertiary/aromatic N) is 2. The molecule has 4 nitrogen and oxygen atoms in total. The lowest BCUT2D eigenvalue weighted by molar-refractivity contribution is 0.0789. The van der Waals surface area contributed by atoms with Crippen LogP contribution in [-0.2, 0) is 9.59 Å². The largest absolute Gasteiger partial charge is 0.235 e. The summed E-state index contributed by atoms with van der Waals surface area (Å²) in [5, 5.41) is 0. The molecule has 1 aliphatic carbocycles. The highest BCUT2D eigenvalue weighted by atomic mass is 16.1. The van der Waals surface area contributed by atoms with Gasteiger partial charge in [0.1, 0.15) is 0 Å². The van der Waals surface area contributed by atoms with Crippen molar-refractivity contribution in [3.63, 3.8) is 0 Å². The zero-order valence-corrected chi connectivity index (χ0v) is 10.8. The van der Waals surface area contributed by atoms with E-state index in [1.165, 1.54) is 0 Å². The SMILES string of the molecule is CC1(C)CC(N=C=O)CC(C)(CCN=C=O)C1. The molecule has 0 bridgehead atoms. The maximum absolute atomic E-state index is 10.4. The first-order valence-corrected chi connectivity index (χ1v) is 6.01. The number of isocyanates is 2. The number of hydrogen-bond donors (Lipinski definition) is 0. The van der Waals surface area contributed by atoms with Crippen molar-refractivity contribution in [2.45, 2.75) is 52.5 Å². The van der Waals surface area contributed by atoms with E-state index in [2.05, 4.69) is 30.8 Å². The monoisotopic (exact) mass is 236 g/mol. The molecule has 4 heteroatoms. The molecule has 0 amide bonds. The third-order valence-corrected chi connectivity index (χ3v) is 3.55. The summed E-state index contributed by atoms with van der Waals surface area (Å²) in [4.78, 5) is 28.0. The second-order valence-corrected chi connectivity index (χ2v) is 6.16. The van der Waals surface area contributed by atoms with Crippen LogP contribution in [0.5, 0.6) is 0 Å². The lowest BCUT2D eigenvalue weighted by atomic mass is 9.61. The van der Waals surface area contributed by atoms with E-state index in [9.17, 15) is 9.59 Å². The summed E-state index contributed by atoms with van der Waals surface area (Å²) in [5.74, 6) is 0. The zero-order chi connectivity index (χ0) is 12.9. The molecule has 1 aliphatic rings. The van der Waals surface area contributed by atoms with E-state index in [0.29, 0.717) is 6.54 Å². The fourth-order valence-corrected chi connectivity index (χ4v) is 3.31. The van der Waals surface area contributed by atoms with Crippen LogP contribution >= 0.6 is 0 Å². The minimum absolute atomic E-state index is 0.0569. The van der Waals surface area contributed by atoms with Gasteiger partial charge in [-0.25, -0.2) is 19.6 Å². The maximum Gasteiger partial charge on any atom is 0.235 e. The maximum atomic E-state index is 10.4. The summed E-state index contributed by atoms with van der Waals surface area (Å²) in [6.07, 6.45) is 6.95. The highest BCUT2D eigenvalue weighted by molar-refractivity contribution is 5.34. The van der Waals surface area contributed by atoms with E-state index in [1.807, 2.05) is 0 Å². The van der Waals surface area contributed by atoms with Crippen LogP contribution in [-0.4, -0.2) is 24.7 Å². The van der Waals surface area contributed by atoms with Crippen LogP contribution in [0.3, 0.4) is 0 Å². The Labute approximate surface area is 102 Å². The molecule has 1 fully saturated rings. The normalized spacial score (nSPS) is 31.1. The van der Waals surface area contributed by atoms with Crippen LogP contribution < -0.4 is 0 Å². The molecular formula is C13H20N2O2. The van der Waals surface area contributed by atoms with Gasteiger partial charge in [-0.05, 0) is 36.5 Å². The van der Waals surface area contributed by atoms with Gasteiger partial charge in [-0.1, -0.05) is 20.8 Å². The Morgan fingerprint density at radius 1 is 1.18 bits per heavy atom. The molecule has 0 heterocycles. The number of aliphatic imine (C=N–C) groups is 2. The summed E-state index contributed by atoms with van der Waals surface area (Å²) >= 11 is 0. The van der Waals surface area contributed by atoms with Crippen molar-refractivity contribution in [1.29, 1.82) is 0 Å². The number of hydrogen-bond acceptors (Lipinski definition) is 4. The fourth-order valence-electron chi connectivity index (χ4n) is 3.31. The van der Waals surface area contributed by atoms with Gasteiger partial charge in [0.2, 0.25) is 12.2 Å². The summed E-state index contributed by atoms with van der Waals surface area (Å²) in [6.45, 7) is 7.08. The average molecular weight is 236 g/mol. The third kappa shape index (κ3) is 4.26. The lowest BCUT2D eigenvalue weighted by Gasteiger charge is -2.45. The molecule has 0 N–H and O–H groups in total. The highest BCUT2D eigenvalue weighted by Gasteiger charge is 2.40. The van der Waals surface area contributed by atoms with Crippen molar-refractivity contribution in [1.82, 2.24) is 0 Å².